The standard InChI is InChI=1S/C25H31FN4O2/c1-16(2)22-14-23(29-28-22)25(32)30-12-11-27-24(31)19(15-30)13-17-7-9-18(10-8-17)20-5-3-4-6-21(20)26/h3-10,16,19,22-23,28-29H,11-15H2,1-2H3,(H,27,31). The molecule has 3 N–H and O–H groups in total. The van der Waals surface area contributed by atoms with Crippen LogP contribution < -0.4 is 16.2 Å². The van der Waals surface area contributed by atoms with Crippen LogP contribution in [0, 0.1) is 17.7 Å². The molecule has 0 saturated carbocycles. The normalized spacial score (nSPS) is 23.8. The molecule has 2 aromatic carbocycles. The van der Waals surface area contributed by atoms with Crippen molar-refractivity contribution in [3.05, 3.63) is 59.9 Å². The molecule has 7 heteroatoms. The molecular weight excluding hydrogens is 407 g/mol. The van der Waals surface area contributed by atoms with Gasteiger partial charge < -0.3 is 10.2 Å². The highest BCUT2D eigenvalue weighted by Crippen LogP contribution is 2.24. The second-order valence-corrected chi connectivity index (χ2v) is 9.08. The van der Waals surface area contributed by atoms with Crippen molar-refractivity contribution in [1.82, 2.24) is 21.1 Å². The molecule has 0 radical (unpaired) electrons. The maximum Gasteiger partial charge on any atom is 0.241 e. The van der Waals surface area contributed by atoms with Gasteiger partial charge in [-0.2, -0.15) is 0 Å². The van der Waals surface area contributed by atoms with E-state index in [2.05, 4.69) is 30.0 Å². The predicted octanol–water partition coefficient (Wildman–Crippen LogP) is 2.50. The summed E-state index contributed by atoms with van der Waals surface area (Å²) in [4.78, 5) is 27.6. The first kappa shape index (κ1) is 22.4. The average molecular weight is 439 g/mol. The summed E-state index contributed by atoms with van der Waals surface area (Å²) in [6.07, 6.45) is 1.27. The van der Waals surface area contributed by atoms with Crippen molar-refractivity contribution in [2.75, 3.05) is 19.6 Å². The van der Waals surface area contributed by atoms with Gasteiger partial charge in [-0.25, -0.2) is 9.82 Å². The van der Waals surface area contributed by atoms with E-state index in [9.17, 15) is 14.0 Å². The summed E-state index contributed by atoms with van der Waals surface area (Å²) in [5.41, 5.74) is 8.69. The Morgan fingerprint density at radius 1 is 1.12 bits per heavy atom. The lowest BCUT2D eigenvalue weighted by molar-refractivity contribution is -0.134. The Morgan fingerprint density at radius 2 is 1.88 bits per heavy atom. The number of amides is 2. The lowest BCUT2D eigenvalue weighted by atomic mass is 9.95. The number of benzene rings is 2. The molecule has 3 atom stereocenters. The summed E-state index contributed by atoms with van der Waals surface area (Å²) in [6.45, 7) is 5.63. The van der Waals surface area contributed by atoms with Crippen LogP contribution in [-0.2, 0) is 16.0 Å². The Balaban J connectivity index is 1.43. The summed E-state index contributed by atoms with van der Waals surface area (Å²) < 4.78 is 14.1. The second kappa shape index (κ2) is 9.79. The Bertz CT molecular complexity index is 963. The molecule has 2 amide bonds. The average Bonchev–Trinajstić information content (AvgIpc) is 3.22. The zero-order valence-corrected chi connectivity index (χ0v) is 18.6. The van der Waals surface area contributed by atoms with E-state index in [4.69, 9.17) is 0 Å². The quantitative estimate of drug-likeness (QED) is 0.671. The lowest BCUT2D eigenvalue weighted by Gasteiger charge is -2.26. The van der Waals surface area contributed by atoms with Crippen LogP contribution >= 0.6 is 0 Å². The number of hydrogen-bond donors (Lipinski definition) is 3. The fourth-order valence-electron chi connectivity index (χ4n) is 4.46. The molecule has 2 aliphatic heterocycles. The number of hydrogen-bond acceptors (Lipinski definition) is 4. The van der Waals surface area contributed by atoms with Crippen LogP contribution in [0.4, 0.5) is 4.39 Å². The van der Waals surface area contributed by atoms with Gasteiger partial charge >= 0.3 is 0 Å². The van der Waals surface area contributed by atoms with E-state index in [-0.39, 0.29) is 35.6 Å². The maximum atomic E-state index is 14.1. The summed E-state index contributed by atoms with van der Waals surface area (Å²) in [6, 6.07) is 14.3. The number of carbonyl (C=O) groups is 2. The molecule has 2 aromatic rings. The lowest BCUT2D eigenvalue weighted by Crippen LogP contribution is -2.47. The van der Waals surface area contributed by atoms with Gasteiger partial charge in [0, 0.05) is 31.2 Å². The monoisotopic (exact) mass is 438 g/mol. The van der Waals surface area contributed by atoms with E-state index in [0.29, 0.717) is 37.5 Å². The van der Waals surface area contributed by atoms with Crippen molar-refractivity contribution in [2.24, 2.45) is 11.8 Å². The minimum atomic E-state index is -0.323. The van der Waals surface area contributed by atoms with Crippen molar-refractivity contribution in [1.29, 1.82) is 0 Å². The zero-order valence-electron chi connectivity index (χ0n) is 18.6. The van der Waals surface area contributed by atoms with Gasteiger partial charge in [0.2, 0.25) is 11.8 Å². The van der Waals surface area contributed by atoms with Crippen LogP contribution in [0.5, 0.6) is 0 Å². The molecule has 6 nitrogen and oxygen atoms in total. The highest BCUT2D eigenvalue weighted by atomic mass is 19.1. The molecule has 0 bridgehead atoms. The van der Waals surface area contributed by atoms with Gasteiger partial charge in [0.15, 0.2) is 0 Å². The zero-order chi connectivity index (χ0) is 22.7. The summed E-state index contributed by atoms with van der Waals surface area (Å²) in [5.74, 6) is -0.135. The van der Waals surface area contributed by atoms with Gasteiger partial charge in [-0.3, -0.25) is 15.0 Å². The molecule has 170 valence electrons. The van der Waals surface area contributed by atoms with Crippen LogP contribution in [0.3, 0.4) is 0 Å². The Hall–Kier alpha value is -2.77. The van der Waals surface area contributed by atoms with Gasteiger partial charge in [-0.05, 0) is 36.0 Å². The van der Waals surface area contributed by atoms with E-state index in [0.717, 1.165) is 17.5 Å². The number of nitrogens with zero attached hydrogens (tertiary/aromatic N) is 1. The molecule has 0 aliphatic carbocycles. The minimum Gasteiger partial charge on any atom is -0.354 e. The fourth-order valence-corrected chi connectivity index (χ4v) is 4.46. The van der Waals surface area contributed by atoms with Gasteiger partial charge in [-0.1, -0.05) is 56.3 Å². The van der Waals surface area contributed by atoms with E-state index in [1.807, 2.05) is 30.3 Å². The third kappa shape index (κ3) is 5.00. The van der Waals surface area contributed by atoms with E-state index >= 15 is 0 Å². The summed E-state index contributed by atoms with van der Waals surface area (Å²) in [7, 11) is 0. The molecule has 2 saturated heterocycles. The number of rotatable bonds is 5. The molecule has 2 heterocycles. The molecule has 2 fully saturated rings. The highest BCUT2D eigenvalue weighted by molar-refractivity contribution is 5.85. The second-order valence-electron chi connectivity index (χ2n) is 9.08. The Morgan fingerprint density at radius 3 is 2.56 bits per heavy atom. The number of carbonyl (C=O) groups excluding carboxylic acids is 2. The fraction of sp³-hybridized carbons (Fsp3) is 0.440. The summed E-state index contributed by atoms with van der Waals surface area (Å²) in [5, 5.41) is 2.94. The summed E-state index contributed by atoms with van der Waals surface area (Å²) >= 11 is 0. The van der Waals surface area contributed by atoms with Gasteiger partial charge in [0.05, 0.1) is 5.92 Å². The van der Waals surface area contributed by atoms with Crippen LogP contribution in [0.2, 0.25) is 0 Å². The van der Waals surface area contributed by atoms with Crippen LogP contribution in [0.1, 0.15) is 25.8 Å². The molecule has 0 aromatic heterocycles. The van der Waals surface area contributed by atoms with Gasteiger partial charge in [0.1, 0.15) is 11.9 Å². The topological polar surface area (TPSA) is 73.5 Å². The van der Waals surface area contributed by atoms with E-state index in [1.165, 1.54) is 6.07 Å². The number of nitrogens with one attached hydrogen (secondary N) is 3. The molecule has 0 spiro atoms. The Labute approximate surface area is 188 Å². The van der Waals surface area contributed by atoms with Crippen LogP contribution in [0.25, 0.3) is 11.1 Å². The maximum absolute atomic E-state index is 14.1. The van der Waals surface area contributed by atoms with E-state index in [1.54, 1.807) is 17.0 Å². The number of hydrazine groups is 1. The minimum absolute atomic E-state index is 0.0314. The SMILES string of the molecule is CC(C)C1CC(C(=O)N2CCNC(=O)C(Cc3ccc(-c4ccccc4F)cc3)C2)NN1. The first-order valence-corrected chi connectivity index (χ1v) is 11.3. The number of halogens is 1. The van der Waals surface area contributed by atoms with E-state index < -0.39 is 0 Å². The van der Waals surface area contributed by atoms with Crippen LogP contribution in [-0.4, -0.2) is 48.4 Å². The molecule has 4 rings (SSSR count). The van der Waals surface area contributed by atoms with Crippen molar-refractivity contribution >= 4 is 11.8 Å². The van der Waals surface area contributed by atoms with Gasteiger partial charge in [-0.15, -0.1) is 0 Å². The van der Waals surface area contributed by atoms with Crippen molar-refractivity contribution in [3.8, 4) is 11.1 Å². The third-order valence-corrected chi connectivity index (χ3v) is 6.46. The van der Waals surface area contributed by atoms with Crippen molar-refractivity contribution in [3.63, 3.8) is 0 Å². The molecular formula is C25H31FN4O2. The predicted molar refractivity (Wildman–Crippen MR) is 122 cm³/mol. The van der Waals surface area contributed by atoms with Crippen molar-refractivity contribution < 1.29 is 14.0 Å². The molecule has 3 unspecified atom stereocenters. The molecule has 2 aliphatic rings. The first-order valence-electron chi connectivity index (χ1n) is 11.3. The smallest absolute Gasteiger partial charge is 0.241 e. The largest absolute Gasteiger partial charge is 0.354 e. The molecule has 32 heavy (non-hydrogen) atoms. The Kier molecular flexibility index (Phi) is 6.86. The third-order valence-electron chi connectivity index (χ3n) is 6.46. The van der Waals surface area contributed by atoms with Gasteiger partial charge in [0.25, 0.3) is 0 Å². The highest BCUT2D eigenvalue weighted by Gasteiger charge is 2.36. The first-order chi connectivity index (χ1) is 15.4. The van der Waals surface area contributed by atoms with Crippen LogP contribution in [0.15, 0.2) is 48.5 Å². The van der Waals surface area contributed by atoms with Crippen molar-refractivity contribution in [2.45, 2.75) is 38.8 Å².